The first-order valence-electron chi connectivity index (χ1n) is 35.8. The molecule has 9 N–H and O–H groups in total. The van der Waals surface area contributed by atoms with Crippen LogP contribution in [-0.2, 0) is 23.7 Å². The van der Waals surface area contributed by atoms with Gasteiger partial charge < -0.3 is 65.1 Å². The summed E-state index contributed by atoms with van der Waals surface area (Å²) < 4.78 is 22.9. The first-order chi connectivity index (χ1) is 43.1. The highest BCUT2D eigenvalue weighted by molar-refractivity contribution is 5.76. The van der Waals surface area contributed by atoms with E-state index in [-0.39, 0.29) is 18.9 Å². The highest BCUT2D eigenvalue weighted by Crippen LogP contribution is 2.30. The maximum Gasteiger partial charge on any atom is 0.220 e. The van der Waals surface area contributed by atoms with E-state index in [0.29, 0.717) is 12.8 Å². The normalized spacial score (nSPS) is 23.7. The van der Waals surface area contributed by atoms with Crippen LogP contribution in [0.5, 0.6) is 0 Å². The number of amides is 1. The minimum Gasteiger partial charge on any atom is -0.394 e. The van der Waals surface area contributed by atoms with Gasteiger partial charge in [0.05, 0.1) is 32.0 Å². The molecule has 2 aliphatic rings. The Morgan fingerprint density at radius 3 is 1.20 bits per heavy atom. The summed E-state index contributed by atoms with van der Waals surface area (Å²) >= 11 is 0. The molecule has 0 aromatic rings. The van der Waals surface area contributed by atoms with Gasteiger partial charge in [-0.2, -0.15) is 0 Å². The number of nitrogens with one attached hydrogen (secondary N) is 1. The van der Waals surface area contributed by atoms with Crippen molar-refractivity contribution < 1.29 is 64.6 Å². The lowest BCUT2D eigenvalue weighted by atomic mass is 9.97. The van der Waals surface area contributed by atoms with E-state index in [1.807, 2.05) is 0 Å². The summed E-state index contributed by atoms with van der Waals surface area (Å²) in [5.41, 5.74) is 0. The molecule has 2 fully saturated rings. The Balaban J connectivity index is 1.69. The summed E-state index contributed by atoms with van der Waals surface area (Å²) in [7, 11) is 0. The Morgan fingerprint density at radius 1 is 0.420 bits per heavy atom. The molecule has 88 heavy (non-hydrogen) atoms. The molecule has 0 spiro atoms. The molecule has 510 valence electrons. The van der Waals surface area contributed by atoms with Crippen LogP contribution in [-0.4, -0.2) is 140 Å². The maximum atomic E-state index is 13.4. The summed E-state index contributed by atoms with van der Waals surface area (Å²) in [6.07, 6.45) is 63.0. The minimum absolute atomic E-state index is 0.225. The van der Waals surface area contributed by atoms with Crippen LogP contribution in [0.1, 0.15) is 284 Å². The number of rotatable bonds is 58. The van der Waals surface area contributed by atoms with Crippen LogP contribution >= 0.6 is 0 Å². The molecule has 12 unspecified atom stereocenters. The summed E-state index contributed by atoms with van der Waals surface area (Å²) in [5.74, 6) is -0.225. The number of hydrogen-bond donors (Lipinski definition) is 9. The molecule has 0 aliphatic carbocycles. The number of aliphatic hydroxyl groups excluding tert-OH is 8. The molecule has 12 atom stereocenters. The molecule has 14 heteroatoms. The van der Waals surface area contributed by atoms with Gasteiger partial charge in [-0.15, -0.1) is 0 Å². The number of hydrogen-bond acceptors (Lipinski definition) is 13. The van der Waals surface area contributed by atoms with Gasteiger partial charge in [0.1, 0.15) is 48.8 Å². The molecule has 2 aliphatic heterocycles. The van der Waals surface area contributed by atoms with Crippen molar-refractivity contribution in [2.24, 2.45) is 0 Å². The van der Waals surface area contributed by atoms with Gasteiger partial charge >= 0.3 is 0 Å². The Bertz CT molecular complexity index is 1800. The van der Waals surface area contributed by atoms with E-state index in [9.17, 15) is 45.6 Å². The van der Waals surface area contributed by atoms with E-state index >= 15 is 0 Å². The second-order valence-corrected chi connectivity index (χ2v) is 25.0. The lowest BCUT2D eigenvalue weighted by molar-refractivity contribution is -0.359. The lowest BCUT2D eigenvalue weighted by Crippen LogP contribution is -2.65. The standard InChI is InChI=1S/C74H131NO13/c1-3-5-7-9-11-13-15-17-19-21-23-25-27-29-31-33-35-37-39-41-43-45-47-49-51-53-55-57-63(78)62(61-85-73-71(84)69(82)72(65(60-77)87-73)88-74-70(83)68(81)67(80)64(59-76)86-74)75-66(79)58-56-54-52-50-48-46-44-42-40-38-36-34-32-30-28-26-24-22-20-18-16-14-12-10-8-6-4-2/h6,8,12,14,18,20,24,26,30,32,36,38,42,44,62-65,67-74,76-78,80-84H,3-5,7,9-11,13,15-17,19,21-23,25,27-29,31,33-35,37,39-41,43,45-61H2,1-2H3,(H,75,79)/b8-6-,14-12-,20-18-,26-24-,32-30-,38-36-,44-42-. The predicted octanol–water partition coefficient (Wildman–Crippen LogP) is 14.8. The zero-order chi connectivity index (χ0) is 63.8. The Morgan fingerprint density at radius 2 is 0.784 bits per heavy atom. The van der Waals surface area contributed by atoms with Gasteiger partial charge in [0.2, 0.25) is 5.91 Å². The third-order valence-corrected chi connectivity index (χ3v) is 17.1. The average Bonchev–Trinajstić information content (AvgIpc) is 1.93. The van der Waals surface area contributed by atoms with Crippen molar-refractivity contribution >= 4 is 5.91 Å². The van der Waals surface area contributed by atoms with Crippen molar-refractivity contribution in [3.05, 3.63) is 85.1 Å². The van der Waals surface area contributed by atoms with Gasteiger partial charge in [-0.1, -0.05) is 292 Å². The van der Waals surface area contributed by atoms with Crippen molar-refractivity contribution in [2.75, 3.05) is 19.8 Å². The largest absolute Gasteiger partial charge is 0.394 e. The van der Waals surface area contributed by atoms with Crippen LogP contribution < -0.4 is 5.32 Å². The number of allylic oxidation sites excluding steroid dienone is 14. The van der Waals surface area contributed by atoms with Crippen molar-refractivity contribution in [2.45, 2.75) is 357 Å². The van der Waals surface area contributed by atoms with Gasteiger partial charge in [-0.25, -0.2) is 0 Å². The second kappa shape index (κ2) is 58.0. The first kappa shape index (κ1) is 81.3. The molecular weight excluding hydrogens is 1110 g/mol. The highest BCUT2D eigenvalue weighted by Gasteiger charge is 2.51. The molecule has 0 bridgehead atoms. The van der Waals surface area contributed by atoms with Gasteiger partial charge in [0.25, 0.3) is 0 Å². The number of aliphatic hydroxyl groups is 8. The molecule has 2 saturated heterocycles. The molecule has 0 aromatic carbocycles. The average molecular weight is 1240 g/mol. The van der Waals surface area contributed by atoms with Crippen LogP contribution in [0, 0.1) is 0 Å². The van der Waals surface area contributed by atoms with Crippen molar-refractivity contribution in [3.63, 3.8) is 0 Å². The van der Waals surface area contributed by atoms with E-state index in [1.54, 1.807) is 0 Å². The predicted molar refractivity (Wildman–Crippen MR) is 360 cm³/mol. The number of ether oxygens (including phenoxy) is 4. The SMILES string of the molecule is CC/C=C\C/C=C\C/C=C\C/C=C\C/C=C\C/C=C\C/C=C\CCCCCCCC(=O)NC(COC1OC(CO)C(OC2OC(CO)C(O)C(O)C2O)C(O)C1O)C(O)CCCCCCCCCCCCCCCCCCCCCCCCCCCCC. The second-order valence-electron chi connectivity index (χ2n) is 25.0. The molecule has 1 amide bonds. The fourth-order valence-electron chi connectivity index (χ4n) is 11.5. The van der Waals surface area contributed by atoms with Gasteiger partial charge in [0.15, 0.2) is 12.6 Å². The zero-order valence-electron chi connectivity index (χ0n) is 55.4. The topological polar surface area (TPSA) is 228 Å². The van der Waals surface area contributed by atoms with Gasteiger partial charge in [-0.05, 0) is 70.6 Å². The van der Waals surface area contributed by atoms with Crippen LogP contribution in [0.4, 0.5) is 0 Å². The zero-order valence-corrected chi connectivity index (χ0v) is 55.4. The van der Waals surface area contributed by atoms with E-state index in [1.165, 1.54) is 148 Å². The van der Waals surface area contributed by atoms with E-state index in [2.05, 4.69) is 104 Å². The van der Waals surface area contributed by atoms with E-state index in [0.717, 1.165) is 103 Å². The van der Waals surface area contributed by atoms with Gasteiger partial charge in [0, 0.05) is 6.42 Å². The Kier molecular flexibility index (Phi) is 53.6. The Labute approximate surface area is 535 Å². The molecular formula is C74H131NO13. The quantitative estimate of drug-likeness (QED) is 0.0204. The number of unbranched alkanes of at least 4 members (excludes halogenated alkanes) is 31. The molecule has 2 heterocycles. The molecule has 14 nitrogen and oxygen atoms in total. The lowest BCUT2D eigenvalue weighted by Gasteiger charge is -2.46. The summed E-state index contributed by atoms with van der Waals surface area (Å²) in [6.45, 7) is 2.76. The van der Waals surface area contributed by atoms with Crippen LogP contribution in [0.25, 0.3) is 0 Å². The molecule has 0 radical (unpaired) electrons. The summed E-state index contributed by atoms with van der Waals surface area (Å²) in [4.78, 5) is 13.4. The van der Waals surface area contributed by atoms with Gasteiger partial charge in [-0.3, -0.25) is 4.79 Å². The Hall–Kier alpha value is -2.83. The van der Waals surface area contributed by atoms with Crippen molar-refractivity contribution in [3.8, 4) is 0 Å². The first-order valence-corrected chi connectivity index (χ1v) is 35.8. The molecule has 2 rings (SSSR count). The number of carbonyl (C=O) groups excluding carboxylic acids is 1. The van der Waals surface area contributed by atoms with Crippen LogP contribution in [0.3, 0.4) is 0 Å². The van der Waals surface area contributed by atoms with E-state index in [4.69, 9.17) is 18.9 Å². The fourth-order valence-corrected chi connectivity index (χ4v) is 11.5. The molecule has 0 saturated carbocycles. The smallest absolute Gasteiger partial charge is 0.220 e. The third kappa shape index (κ3) is 41.6. The van der Waals surface area contributed by atoms with E-state index < -0.39 is 86.8 Å². The van der Waals surface area contributed by atoms with Crippen LogP contribution in [0.15, 0.2) is 85.1 Å². The highest BCUT2D eigenvalue weighted by atomic mass is 16.7. The fraction of sp³-hybridized carbons (Fsp3) is 0.797. The molecule has 0 aromatic heterocycles. The summed E-state index contributed by atoms with van der Waals surface area (Å²) in [5, 5.41) is 87.7. The van der Waals surface area contributed by atoms with Crippen molar-refractivity contribution in [1.82, 2.24) is 5.32 Å². The third-order valence-electron chi connectivity index (χ3n) is 17.1. The minimum atomic E-state index is -1.79. The van der Waals surface area contributed by atoms with Crippen molar-refractivity contribution in [1.29, 1.82) is 0 Å². The van der Waals surface area contributed by atoms with Crippen LogP contribution in [0.2, 0.25) is 0 Å². The number of carbonyl (C=O) groups is 1. The maximum absolute atomic E-state index is 13.4. The summed E-state index contributed by atoms with van der Waals surface area (Å²) in [6, 6.07) is -0.847. The monoisotopic (exact) mass is 1240 g/mol.